The smallest absolute Gasteiger partial charge is 0.204 e. The van der Waals surface area contributed by atoms with Crippen molar-refractivity contribution < 1.29 is 14.2 Å². The molecule has 124 valence electrons. The average molecular weight is 325 g/mol. The van der Waals surface area contributed by atoms with Crippen LogP contribution in [0.3, 0.4) is 0 Å². The van der Waals surface area contributed by atoms with Crippen LogP contribution in [0.5, 0.6) is 17.2 Å². The summed E-state index contributed by atoms with van der Waals surface area (Å²) in [6, 6.07) is 9.87. The molecule has 6 heteroatoms. The first kappa shape index (κ1) is 15.9. The van der Waals surface area contributed by atoms with Crippen LogP contribution in [0.25, 0.3) is 10.9 Å². The van der Waals surface area contributed by atoms with Gasteiger partial charge in [0.25, 0.3) is 0 Å². The highest BCUT2D eigenvalue weighted by Crippen LogP contribution is 2.45. The Morgan fingerprint density at radius 3 is 2.21 bits per heavy atom. The quantitative estimate of drug-likeness (QED) is 0.771. The summed E-state index contributed by atoms with van der Waals surface area (Å²) < 4.78 is 16.4. The molecule has 0 aliphatic carbocycles. The minimum Gasteiger partial charge on any atom is -0.493 e. The van der Waals surface area contributed by atoms with Crippen molar-refractivity contribution in [2.75, 3.05) is 26.6 Å². The van der Waals surface area contributed by atoms with Crippen LogP contribution >= 0.6 is 0 Å². The molecule has 1 aromatic heterocycles. The molecule has 1 heterocycles. The Morgan fingerprint density at radius 1 is 0.875 bits per heavy atom. The zero-order chi connectivity index (χ0) is 17.1. The van der Waals surface area contributed by atoms with Gasteiger partial charge in [-0.2, -0.15) is 0 Å². The molecular weight excluding hydrogens is 306 g/mol. The van der Waals surface area contributed by atoms with Gasteiger partial charge in [0.05, 0.1) is 32.2 Å². The third-order valence-electron chi connectivity index (χ3n) is 3.74. The van der Waals surface area contributed by atoms with Crippen LogP contribution in [0.2, 0.25) is 0 Å². The SMILES string of the molecule is COc1cc2ncnc(Nc3ccc(C)cc3)c2c(OC)c1OC. The summed E-state index contributed by atoms with van der Waals surface area (Å²) in [7, 11) is 4.73. The predicted octanol–water partition coefficient (Wildman–Crippen LogP) is 3.71. The number of ether oxygens (including phenoxy) is 3. The van der Waals surface area contributed by atoms with E-state index in [1.807, 2.05) is 31.2 Å². The first-order chi connectivity index (χ1) is 11.7. The highest BCUT2D eigenvalue weighted by Gasteiger charge is 2.20. The summed E-state index contributed by atoms with van der Waals surface area (Å²) in [5.41, 5.74) is 2.82. The zero-order valence-electron chi connectivity index (χ0n) is 14.1. The number of nitrogens with one attached hydrogen (secondary N) is 1. The molecule has 0 fully saturated rings. The number of aromatic nitrogens is 2. The topological polar surface area (TPSA) is 65.5 Å². The number of rotatable bonds is 5. The molecule has 24 heavy (non-hydrogen) atoms. The first-order valence-corrected chi connectivity index (χ1v) is 7.45. The molecule has 0 bridgehead atoms. The average Bonchev–Trinajstić information content (AvgIpc) is 2.62. The molecular formula is C18H19N3O3. The fourth-order valence-corrected chi connectivity index (χ4v) is 2.56. The van der Waals surface area contributed by atoms with E-state index < -0.39 is 0 Å². The number of hydrogen-bond donors (Lipinski definition) is 1. The highest BCUT2D eigenvalue weighted by atomic mass is 16.5. The van der Waals surface area contributed by atoms with Crippen LogP contribution in [0.1, 0.15) is 5.56 Å². The molecule has 0 radical (unpaired) electrons. The van der Waals surface area contributed by atoms with E-state index in [0.717, 1.165) is 11.1 Å². The molecule has 6 nitrogen and oxygen atoms in total. The summed E-state index contributed by atoms with van der Waals surface area (Å²) in [5.74, 6) is 2.24. The van der Waals surface area contributed by atoms with Gasteiger partial charge in [-0.3, -0.25) is 0 Å². The molecule has 3 rings (SSSR count). The van der Waals surface area contributed by atoms with Crippen molar-refractivity contribution in [1.82, 2.24) is 9.97 Å². The summed E-state index contributed by atoms with van der Waals surface area (Å²) in [5, 5.41) is 4.04. The van der Waals surface area contributed by atoms with E-state index in [-0.39, 0.29) is 0 Å². The van der Waals surface area contributed by atoms with Crippen LogP contribution < -0.4 is 19.5 Å². The fourth-order valence-electron chi connectivity index (χ4n) is 2.56. The Labute approximate surface area is 140 Å². The van der Waals surface area contributed by atoms with Crippen LogP contribution in [-0.2, 0) is 0 Å². The van der Waals surface area contributed by atoms with Gasteiger partial charge in [-0.25, -0.2) is 9.97 Å². The Morgan fingerprint density at radius 2 is 1.58 bits per heavy atom. The second-order valence-electron chi connectivity index (χ2n) is 5.25. The molecule has 3 aromatic rings. The summed E-state index contributed by atoms with van der Waals surface area (Å²) in [6.07, 6.45) is 1.50. The number of fused-ring (bicyclic) bond motifs is 1. The van der Waals surface area contributed by atoms with Crippen LogP contribution in [-0.4, -0.2) is 31.3 Å². The van der Waals surface area contributed by atoms with Gasteiger partial charge in [0.1, 0.15) is 12.1 Å². The Hall–Kier alpha value is -3.02. The third-order valence-corrected chi connectivity index (χ3v) is 3.74. The normalized spacial score (nSPS) is 10.5. The van der Waals surface area contributed by atoms with Gasteiger partial charge in [0.15, 0.2) is 11.5 Å². The maximum Gasteiger partial charge on any atom is 0.204 e. The number of benzene rings is 2. The lowest BCUT2D eigenvalue weighted by Gasteiger charge is -2.16. The summed E-state index contributed by atoms with van der Waals surface area (Å²) in [6.45, 7) is 2.05. The van der Waals surface area contributed by atoms with Crippen molar-refractivity contribution in [3.8, 4) is 17.2 Å². The van der Waals surface area contributed by atoms with E-state index in [9.17, 15) is 0 Å². The second-order valence-corrected chi connectivity index (χ2v) is 5.25. The van der Waals surface area contributed by atoms with Crippen molar-refractivity contribution in [2.45, 2.75) is 6.92 Å². The van der Waals surface area contributed by atoms with Crippen molar-refractivity contribution in [3.05, 3.63) is 42.2 Å². The van der Waals surface area contributed by atoms with Crippen LogP contribution in [0, 0.1) is 6.92 Å². The number of nitrogens with zero attached hydrogens (tertiary/aromatic N) is 2. The zero-order valence-corrected chi connectivity index (χ0v) is 14.1. The fraction of sp³-hybridized carbons (Fsp3) is 0.222. The van der Waals surface area contributed by atoms with Crippen molar-refractivity contribution >= 4 is 22.4 Å². The maximum atomic E-state index is 5.56. The van der Waals surface area contributed by atoms with Crippen molar-refractivity contribution in [2.24, 2.45) is 0 Å². The van der Waals surface area contributed by atoms with E-state index >= 15 is 0 Å². The lowest BCUT2D eigenvalue weighted by atomic mass is 10.1. The van der Waals surface area contributed by atoms with Crippen LogP contribution in [0.4, 0.5) is 11.5 Å². The van der Waals surface area contributed by atoms with Crippen molar-refractivity contribution in [1.29, 1.82) is 0 Å². The van der Waals surface area contributed by atoms with Gasteiger partial charge in [-0.1, -0.05) is 17.7 Å². The Kier molecular flexibility index (Phi) is 4.37. The molecule has 0 atom stereocenters. The minimum absolute atomic E-state index is 0.509. The molecule has 0 aliphatic rings. The number of methoxy groups -OCH3 is 3. The van der Waals surface area contributed by atoms with Gasteiger partial charge in [-0.05, 0) is 19.1 Å². The van der Waals surface area contributed by atoms with Gasteiger partial charge < -0.3 is 19.5 Å². The number of anilines is 2. The maximum absolute atomic E-state index is 5.56. The predicted molar refractivity (Wildman–Crippen MR) is 93.7 cm³/mol. The molecule has 0 spiro atoms. The largest absolute Gasteiger partial charge is 0.493 e. The monoisotopic (exact) mass is 325 g/mol. The lowest BCUT2D eigenvalue weighted by molar-refractivity contribution is 0.327. The first-order valence-electron chi connectivity index (χ1n) is 7.45. The standard InChI is InChI=1S/C18H19N3O3/c1-11-5-7-12(8-6-11)21-18-15-13(19-10-20-18)9-14(22-2)16(23-3)17(15)24-4/h5-10H,1-4H3,(H,19,20,21). The van der Waals surface area contributed by atoms with Crippen LogP contribution in [0.15, 0.2) is 36.7 Å². The Balaban J connectivity index is 2.19. The lowest BCUT2D eigenvalue weighted by Crippen LogP contribution is -2.01. The van der Waals surface area contributed by atoms with E-state index in [1.165, 1.54) is 11.9 Å². The summed E-state index contributed by atoms with van der Waals surface area (Å²) >= 11 is 0. The van der Waals surface area contributed by atoms with Gasteiger partial charge >= 0.3 is 0 Å². The molecule has 0 amide bonds. The van der Waals surface area contributed by atoms with E-state index in [0.29, 0.717) is 28.6 Å². The number of aryl methyl sites for hydroxylation is 1. The van der Waals surface area contributed by atoms with Gasteiger partial charge in [0.2, 0.25) is 5.75 Å². The molecule has 2 aromatic carbocycles. The highest BCUT2D eigenvalue weighted by molar-refractivity contribution is 5.99. The molecule has 0 saturated carbocycles. The van der Waals surface area contributed by atoms with E-state index in [1.54, 1.807) is 27.4 Å². The second kappa shape index (κ2) is 6.62. The molecule has 0 unspecified atom stereocenters. The third kappa shape index (κ3) is 2.78. The molecule has 0 saturated heterocycles. The van der Waals surface area contributed by atoms with Crippen molar-refractivity contribution in [3.63, 3.8) is 0 Å². The minimum atomic E-state index is 0.509. The number of hydrogen-bond acceptors (Lipinski definition) is 6. The van der Waals surface area contributed by atoms with E-state index in [4.69, 9.17) is 14.2 Å². The van der Waals surface area contributed by atoms with Gasteiger partial charge in [-0.15, -0.1) is 0 Å². The van der Waals surface area contributed by atoms with Gasteiger partial charge in [0, 0.05) is 11.8 Å². The molecule has 1 N–H and O–H groups in total. The Bertz CT molecular complexity index is 864. The summed E-state index contributed by atoms with van der Waals surface area (Å²) in [4.78, 5) is 8.69. The molecule has 0 aliphatic heterocycles. The van der Waals surface area contributed by atoms with E-state index in [2.05, 4.69) is 15.3 Å².